The molecule has 0 bridgehead atoms. The van der Waals surface area contributed by atoms with E-state index in [9.17, 15) is 5.26 Å². The van der Waals surface area contributed by atoms with Gasteiger partial charge in [-0.2, -0.15) is 10.4 Å². The lowest BCUT2D eigenvalue weighted by atomic mass is 9.92. The zero-order valence-electron chi connectivity index (χ0n) is 12.3. The third kappa shape index (κ3) is 3.71. The van der Waals surface area contributed by atoms with E-state index in [0.29, 0.717) is 0 Å². The number of nitrogens with zero attached hydrogens (tertiary/aromatic N) is 3. The zero-order valence-corrected chi connectivity index (χ0v) is 13.0. The van der Waals surface area contributed by atoms with Crippen LogP contribution in [0.2, 0.25) is 5.02 Å². The topological polar surface area (TPSA) is 53.6 Å². The number of hydrogen-bond donors (Lipinski definition) is 1. The predicted octanol–water partition coefficient (Wildman–Crippen LogP) is 3.22. The second kappa shape index (κ2) is 6.93. The van der Waals surface area contributed by atoms with Gasteiger partial charge in [0.1, 0.15) is 5.54 Å². The molecular weight excluding hydrogens is 260 g/mol. The van der Waals surface area contributed by atoms with E-state index < -0.39 is 5.54 Å². The summed E-state index contributed by atoms with van der Waals surface area (Å²) in [6.07, 6.45) is 2.55. The molecule has 0 aliphatic carbocycles. The van der Waals surface area contributed by atoms with Crippen LogP contribution in [0.4, 0.5) is 0 Å². The molecule has 0 fully saturated rings. The molecule has 0 spiro atoms. The molecule has 0 amide bonds. The molecule has 1 aromatic heterocycles. The van der Waals surface area contributed by atoms with Crippen LogP contribution < -0.4 is 5.32 Å². The molecule has 106 valence electrons. The second-order valence-electron chi connectivity index (χ2n) is 4.89. The molecule has 0 aliphatic rings. The van der Waals surface area contributed by atoms with Crippen LogP contribution in [0, 0.1) is 25.2 Å². The van der Waals surface area contributed by atoms with Crippen LogP contribution in [0.3, 0.4) is 0 Å². The number of nitrogens with one attached hydrogen (secondary N) is 1. The van der Waals surface area contributed by atoms with Gasteiger partial charge in [-0.25, -0.2) is 0 Å². The average molecular weight is 283 g/mol. The molecule has 19 heavy (non-hydrogen) atoms. The van der Waals surface area contributed by atoms with Crippen LogP contribution in [0.15, 0.2) is 0 Å². The van der Waals surface area contributed by atoms with Gasteiger partial charge in [0.2, 0.25) is 0 Å². The fourth-order valence-corrected chi connectivity index (χ4v) is 2.46. The van der Waals surface area contributed by atoms with Crippen molar-refractivity contribution in [3.05, 3.63) is 16.4 Å². The number of rotatable bonds is 7. The van der Waals surface area contributed by atoms with E-state index in [4.69, 9.17) is 11.6 Å². The molecule has 1 aromatic rings. The largest absolute Gasteiger partial charge is 0.300 e. The normalized spacial score (nSPS) is 14.1. The molecule has 1 unspecified atom stereocenters. The number of halogens is 1. The molecule has 4 nitrogen and oxygen atoms in total. The minimum absolute atomic E-state index is 0.408. The van der Waals surface area contributed by atoms with E-state index in [1.54, 1.807) is 0 Å². The standard InChI is InChI=1S/C14H23ClN4/c1-5-14(10-16,17-6-2)8-7-9-19-12(4)13(15)11(3)18-19/h17H,5-9H2,1-4H3. The highest BCUT2D eigenvalue weighted by atomic mass is 35.5. The summed E-state index contributed by atoms with van der Waals surface area (Å²) in [5.74, 6) is 0. The highest BCUT2D eigenvalue weighted by Crippen LogP contribution is 2.21. The fourth-order valence-electron chi connectivity index (χ4n) is 2.33. The van der Waals surface area contributed by atoms with Crippen molar-refractivity contribution >= 4 is 11.6 Å². The first kappa shape index (κ1) is 16.0. The zero-order chi connectivity index (χ0) is 14.5. The fraction of sp³-hybridized carbons (Fsp3) is 0.714. The molecule has 1 N–H and O–H groups in total. The van der Waals surface area contributed by atoms with Gasteiger partial charge >= 0.3 is 0 Å². The first-order valence-corrected chi connectivity index (χ1v) is 7.23. The van der Waals surface area contributed by atoms with E-state index in [1.165, 1.54) is 0 Å². The van der Waals surface area contributed by atoms with Crippen molar-refractivity contribution in [2.24, 2.45) is 0 Å². The van der Waals surface area contributed by atoms with E-state index >= 15 is 0 Å². The SMILES string of the molecule is CCNC(C#N)(CC)CCCn1nc(C)c(Cl)c1C. The summed E-state index contributed by atoms with van der Waals surface area (Å²) in [6, 6.07) is 2.42. The van der Waals surface area contributed by atoms with Gasteiger partial charge in [-0.3, -0.25) is 10.00 Å². The van der Waals surface area contributed by atoms with Crippen LogP contribution in [0.5, 0.6) is 0 Å². The quantitative estimate of drug-likeness (QED) is 0.835. The second-order valence-corrected chi connectivity index (χ2v) is 5.27. The van der Waals surface area contributed by atoms with Crippen LogP contribution >= 0.6 is 11.6 Å². The molecule has 0 aromatic carbocycles. The third-order valence-corrected chi connectivity index (χ3v) is 4.15. The van der Waals surface area contributed by atoms with Crippen molar-refractivity contribution in [1.82, 2.24) is 15.1 Å². The smallest absolute Gasteiger partial charge is 0.106 e. The van der Waals surface area contributed by atoms with Crippen LogP contribution in [0.25, 0.3) is 0 Å². The Balaban J connectivity index is 2.62. The van der Waals surface area contributed by atoms with Gasteiger partial charge in [0.15, 0.2) is 0 Å². The van der Waals surface area contributed by atoms with Crippen molar-refractivity contribution in [3.63, 3.8) is 0 Å². The highest BCUT2D eigenvalue weighted by Gasteiger charge is 2.26. The lowest BCUT2D eigenvalue weighted by molar-refractivity contribution is 0.357. The van der Waals surface area contributed by atoms with Gasteiger partial charge in [-0.05, 0) is 39.7 Å². The molecule has 0 aliphatic heterocycles. The maximum Gasteiger partial charge on any atom is 0.106 e. The van der Waals surface area contributed by atoms with E-state index in [2.05, 4.69) is 16.5 Å². The lowest BCUT2D eigenvalue weighted by Gasteiger charge is -2.26. The van der Waals surface area contributed by atoms with Gasteiger partial charge in [-0.15, -0.1) is 0 Å². The number of aryl methyl sites for hydroxylation is 2. The van der Waals surface area contributed by atoms with Gasteiger partial charge in [0.25, 0.3) is 0 Å². The average Bonchev–Trinajstić information content (AvgIpc) is 2.65. The van der Waals surface area contributed by atoms with Crippen LogP contribution in [-0.4, -0.2) is 21.9 Å². The molecule has 0 radical (unpaired) electrons. The van der Waals surface area contributed by atoms with Crippen molar-refractivity contribution < 1.29 is 0 Å². The maximum atomic E-state index is 9.35. The molecule has 1 rings (SSSR count). The summed E-state index contributed by atoms with van der Waals surface area (Å²) in [4.78, 5) is 0. The molecule has 0 saturated heterocycles. The lowest BCUT2D eigenvalue weighted by Crippen LogP contribution is -2.43. The summed E-state index contributed by atoms with van der Waals surface area (Å²) in [6.45, 7) is 9.58. The summed E-state index contributed by atoms with van der Waals surface area (Å²) >= 11 is 6.12. The highest BCUT2D eigenvalue weighted by molar-refractivity contribution is 6.31. The predicted molar refractivity (Wildman–Crippen MR) is 78.3 cm³/mol. The first-order valence-electron chi connectivity index (χ1n) is 6.85. The number of nitriles is 1. The van der Waals surface area contributed by atoms with Crippen molar-refractivity contribution in [1.29, 1.82) is 5.26 Å². The van der Waals surface area contributed by atoms with E-state index in [-0.39, 0.29) is 0 Å². The van der Waals surface area contributed by atoms with Gasteiger partial charge in [0.05, 0.1) is 22.5 Å². The summed E-state index contributed by atoms with van der Waals surface area (Å²) in [5.41, 5.74) is 1.46. The monoisotopic (exact) mass is 282 g/mol. The van der Waals surface area contributed by atoms with Crippen molar-refractivity contribution in [2.45, 2.75) is 59.0 Å². The molecule has 1 heterocycles. The Bertz CT molecular complexity index is 461. The van der Waals surface area contributed by atoms with Crippen LogP contribution in [0.1, 0.15) is 44.5 Å². The minimum atomic E-state index is -0.408. The van der Waals surface area contributed by atoms with Gasteiger partial charge < -0.3 is 0 Å². The molecular formula is C14H23ClN4. The van der Waals surface area contributed by atoms with E-state index in [0.717, 1.165) is 48.8 Å². The summed E-state index contributed by atoms with van der Waals surface area (Å²) in [5, 5.41) is 17.8. The Morgan fingerprint density at radius 1 is 1.42 bits per heavy atom. The Labute approximate surface area is 120 Å². The number of hydrogen-bond acceptors (Lipinski definition) is 3. The summed E-state index contributed by atoms with van der Waals surface area (Å²) < 4.78 is 1.93. The number of aromatic nitrogens is 2. The Morgan fingerprint density at radius 3 is 2.53 bits per heavy atom. The van der Waals surface area contributed by atoms with Crippen molar-refractivity contribution in [2.75, 3.05) is 6.54 Å². The Morgan fingerprint density at radius 2 is 2.11 bits per heavy atom. The first-order chi connectivity index (χ1) is 8.99. The van der Waals surface area contributed by atoms with Crippen LogP contribution in [-0.2, 0) is 6.54 Å². The Kier molecular flexibility index (Phi) is 5.84. The van der Waals surface area contributed by atoms with E-state index in [1.807, 2.05) is 32.4 Å². The maximum absolute atomic E-state index is 9.35. The van der Waals surface area contributed by atoms with Gasteiger partial charge in [0, 0.05) is 6.54 Å². The minimum Gasteiger partial charge on any atom is -0.300 e. The van der Waals surface area contributed by atoms with Gasteiger partial charge in [-0.1, -0.05) is 25.4 Å². The molecule has 5 heteroatoms. The third-order valence-electron chi connectivity index (χ3n) is 3.60. The summed E-state index contributed by atoms with van der Waals surface area (Å²) in [7, 11) is 0. The molecule has 1 atom stereocenters. The molecule has 0 saturated carbocycles. The Hall–Kier alpha value is -1.05. The van der Waals surface area contributed by atoms with Crippen molar-refractivity contribution in [3.8, 4) is 6.07 Å².